The van der Waals surface area contributed by atoms with E-state index in [4.69, 9.17) is 4.42 Å². The van der Waals surface area contributed by atoms with E-state index in [0.717, 1.165) is 21.6 Å². The van der Waals surface area contributed by atoms with E-state index in [9.17, 15) is 35.0 Å². The highest BCUT2D eigenvalue weighted by atomic mass is 16.4. The zero-order valence-corrected chi connectivity index (χ0v) is 23.3. The van der Waals surface area contributed by atoms with Crippen molar-refractivity contribution in [1.82, 2.24) is 0 Å². The minimum absolute atomic E-state index is 0.150. The Hall–Kier alpha value is -3.80. The molecule has 4 atom stereocenters. The minimum Gasteiger partial charge on any atom is -0.459 e. The summed E-state index contributed by atoms with van der Waals surface area (Å²) in [6, 6.07) is 19.1. The minimum atomic E-state index is -1.75. The summed E-state index contributed by atoms with van der Waals surface area (Å²) in [5, 5.41) is 50.5. The van der Waals surface area contributed by atoms with E-state index in [-0.39, 0.29) is 24.2 Å². The number of amides is 2. The van der Waals surface area contributed by atoms with Gasteiger partial charge in [-0.05, 0) is 78.7 Å². The van der Waals surface area contributed by atoms with Gasteiger partial charge in [0, 0.05) is 5.92 Å². The first-order valence-electron chi connectivity index (χ1n) is 14.0. The van der Waals surface area contributed by atoms with Gasteiger partial charge in [0.15, 0.2) is 0 Å². The van der Waals surface area contributed by atoms with Crippen LogP contribution in [-0.2, 0) is 16.2 Å². The summed E-state index contributed by atoms with van der Waals surface area (Å²) in [5.41, 5.74) is 3.59. The summed E-state index contributed by atoms with van der Waals surface area (Å²) < 4.78 is 5.66. The van der Waals surface area contributed by atoms with Gasteiger partial charge in [0.25, 0.3) is 0 Å². The number of rotatable bonds is 10. The molecular weight excluding hydrogens is 537 g/mol. The fourth-order valence-electron chi connectivity index (χ4n) is 6.32. The molecule has 2 aromatic carbocycles. The monoisotopic (exact) mass is 571 g/mol. The van der Waals surface area contributed by atoms with Gasteiger partial charge in [0.05, 0.1) is 30.2 Å². The van der Waals surface area contributed by atoms with Gasteiger partial charge in [-0.2, -0.15) is 0 Å². The molecule has 0 unspecified atom stereocenters. The molecule has 218 valence electrons. The van der Waals surface area contributed by atoms with Crippen molar-refractivity contribution >= 4 is 41.7 Å². The average molecular weight is 571 g/mol. The van der Waals surface area contributed by atoms with Gasteiger partial charge in [-0.25, -0.2) is 0 Å². The first-order chi connectivity index (χ1) is 20.2. The molecule has 1 fully saturated rings. The second kappa shape index (κ2) is 12.6. The Morgan fingerprint density at radius 2 is 1.81 bits per heavy atom. The molecule has 3 aromatic rings. The number of aliphatic hydroxyl groups excluding tert-OH is 3. The van der Waals surface area contributed by atoms with Gasteiger partial charge in [0.1, 0.15) is 18.1 Å². The number of fused-ring (bicyclic) bond motifs is 1. The van der Waals surface area contributed by atoms with Crippen LogP contribution < -0.4 is 10.4 Å². The van der Waals surface area contributed by atoms with Crippen molar-refractivity contribution in [2.45, 2.75) is 38.9 Å². The van der Waals surface area contributed by atoms with Crippen LogP contribution >= 0.6 is 0 Å². The third kappa shape index (κ3) is 5.77. The second-order valence-corrected chi connectivity index (χ2v) is 10.9. The molecule has 42 heavy (non-hydrogen) atoms. The summed E-state index contributed by atoms with van der Waals surface area (Å²) in [4.78, 5) is 28.2. The largest absolute Gasteiger partial charge is 0.488 e. The maximum absolute atomic E-state index is 13.7. The molecule has 0 radical (unpaired) electrons. The SMILES string of the molecule is CC1=C([C@H](O)CC/C(=C/c2ccc(CO)o2)c2ccccc2)[C@H](CO)[C@@H]2C(=O)N(c3cccc(B(O)O)c3)C(=O)[C@@H]2C1. The van der Waals surface area contributed by atoms with Gasteiger partial charge in [-0.1, -0.05) is 48.0 Å². The van der Waals surface area contributed by atoms with Crippen LogP contribution in [0.1, 0.15) is 43.3 Å². The van der Waals surface area contributed by atoms with Crippen molar-refractivity contribution in [2.24, 2.45) is 17.8 Å². The molecule has 9 nitrogen and oxygen atoms in total. The van der Waals surface area contributed by atoms with E-state index in [1.165, 1.54) is 12.1 Å². The molecule has 10 heteroatoms. The number of hydrogen-bond donors (Lipinski definition) is 5. The first kappa shape index (κ1) is 29.7. The third-order valence-corrected chi connectivity index (χ3v) is 8.30. The van der Waals surface area contributed by atoms with E-state index in [1.54, 1.807) is 24.3 Å². The number of anilines is 1. The van der Waals surface area contributed by atoms with Crippen molar-refractivity contribution in [3.8, 4) is 0 Å². The van der Waals surface area contributed by atoms with Crippen molar-refractivity contribution in [3.05, 3.63) is 95.0 Å². The lowest BCUT2D eigenvalue weighted by Crippen LogP contribution is -2.39. The molecule has 5 N–H and O–H groups in total. The molecule has 2 aliphatic rings. The molecule has 5 rings (SSSR count). The predicted molar refractivity (Wildman–Crippen MR) is 158 cm³/mol. The molecule has 2 amide bonds. The molecule has 1 aliphatic heterocycles. The Balaban J connectivity index is 1.39. The Morgan fingerprint density at radius 3 is 2.48 bits per heavy atom. The van der Waals surface area contributed by atoms with Crippen LogP contribution in [0.2, 0.25) is 0 Å². The van der Waals surface area contributed by atoms with Crippen LogP contribution in [0.4, 0.5) is 5.69 Å². The molecule has 1 aliphatic carbocycles. The van der Waals surface area contributed by atoms with Crippen LogP contribution in [0.5, 0.6) is 0 Å². The van der Waals surface area contributed by atoms with Crippen molar-refractivity contribution in [1.29, 1.82) is 0 Å². The van der Waals surface area contributed by atoms with Crippen molar-refractivity contribution in [2.75, 3.05) is 11.5 Å². The topological polar surface area (TPSA) is 152 Å². The quantitative estimate of drug-likeness (QED) is 0.141. The standard InChI is InChI=1S/C32H34BNO8/c1-19-14-26-30(32(39)34(31(26)38)23-9-5-8-22(16-23)33(40)41)27(18-36)29(19)28(37)13-10-21(20-6-3-2-4-7-20)15-24-11-12-25(17-35)42-24/h2-9,11-12,15-16,26-28,30,35-37,40-41H,10,13-14,17-18H2,1H3/b21-15-/t26-,27+,28-,30-/m1/s1. The maximum atomic E-state index is 13.7. The number of carbonyl (C=O) groups excluding carboxylic acids is 2. The number of hydrogen-bond acceptors (Lipinski definition) is 8. The number of allylic oxidation sites excluding steroid dienone is 2. The second-order valence-electron chi connectivity index (χ2n) is 10.9. The van der Waals surface area contributed by atoms with Gasteiger partial charge in [0.2, 0.25) is 11.8 Å². The van der Waals surface area contributed by atoms with Crippen molar-refractivity contribution < 1.29 is 39.4 Å². The molecule has 2 heterocycles. The van der Waals surface area contributed by atoms with Gasteiger partial charge in [-0.3, -0.25) is 14.5 Å². The summed E-state index contributed by atoms with van der Waals surface area (Å²) in [5.74, 6) is -2.14. The molecule has 0 bridgehead atoms. The normalized spacial score (nSPS) is 21.6. The highest BCUT2D eigenvalue weighted by Gasteiger charge is 2.54. The van der Waals surface area contributed by atoms with E-state index >= 15 is 0 Å². The molecule has 1 aromatic heterocycles. The third-order valence-electron chi connectivity index (χ3n) is 8.30. The number of nitrogens with zero attached hydrogens (tertiary/aromatic N) is 1. The molecular formula is C32H34BNO8. The van der Waals surface area contributed by atoms with Gasteiger partial charge in [-0.15, -0.1) is 0 Å². The number of carbonyl (C=O) groups is 2. The molecule has 0 saturated carbocycles. The van der Waals surface area contributed by atoms with Gasteiger partial charge >= 0.3 is 7.12 Å². The maximum Gasteiger partial charge on any atom is 0.488 e. The number of benzene rings is 2. The number of imide groups is 1. The highest BCUT2D eigenvalue weighted by molar-refractivity contribution is 6.58. The molecule has 1 saturated heterocycles. The Kier molecular flexibility index (Phi) is 8.91. The Bertz CT molecular complexity index is 1510. The first-order valence-corrected chi connectivity index (χ1v) is 14.0. The van der Waals surface area contributed by atoms with E-state index in [0.29, 0.717) is 29.9 Å². The van der Waals surface area contributed by atoms with E-state index in [2.05, 4.69) is 0 Å². The van der Waals surface area contributed by atoms with Crippen LogP contribution in [-0.4, -0.2) is 57.0 Å². The zero-order chi connectivity index (χ0) is 30.0. The Labute approximate surface area is 244 Å². The highest BCUT2D eigenvalue weighted by Crippen LogP contribution is 2.47. The zero-order valence-electron chi connectivity index (χ0n) is 23.3. The van der Waals surface area contributed by atoms with Crippen LogP contribution in [0, 0.1) is 17.8 Å². The van der Waals surface area contributed by atoms with Crippen LogP contribution in [0.15, 0.2) is 82.3 Å². The van der Waals surface area contributed by atoms with E-state index < -0.39 is 49.4 Å². The smallest absolute Gasteiger partial charge is 0.459 e. The van der Waals surface area contributed by atoms with Crippen LogP contribution in [0.25, 0.3) is 11.6 Å². The summed E-state index contributed by atoms with van der Waals surface area (Å²) in [7, 11) is -1.75. The van der Waals surface area contributed by atoms with Crippen molar-refractivity contribution in [3.63, 3.8) is 0 Å². The fourth-order valence-corrected chi connectivity index (χ4v) is 6.32. The predicted octanol–water partition coefficient (Wildman–Crippen LogP) is 2.27. The Morgan fingerprint density at radius 1 is 1.05 bits per heavy atom. The lowest BCUT2D eigenvalue weighted by atomic mass is 9.68. The summed E-state index contributed by atoms with van der Waals surface area (Å²) >= 11 is 0. The fraction of sp³-hybridized carbons (Fsp3) is 0.312. The average Bonchev–Trinajstić information content (AvgIpc) is 3.55. The summed E-state index contributed by atoms with van der Waals surface area (Å²) in [6.07, 6.45) is 1.94. The lowest BCUT2D eigenvalue weighted by molar-refractivity contribution is -0.123. The number of aliphatic hydroxyl groups is 3. The summed E-state index contributed by atoms with van der Waals surface area (Å²) in [6.45, 7) is 1.21. The lowest BCUT2D eigenvalue weighted by Gasteiger charge is -2.35. The van der Waals surface area contributed by atoms with Crippen LogP contribution in [0.3, 0.4) is 0 Å². The number of furan rings is 1. The van der Waals surface area contributed by atoms with E-state index in [1.807, 2.05) is 43.3 Å². The van der Waals surface area contributed by atoms with Gasteiger partial charge < -0.3 is 29.8 Å². The molecule has 0 spiro atoms.